The number of hydrogen-bond acceptors (Lipinski definition) is 6. The van der Waals surface area contributed by atoms with Crippen LogP contribution in [0, 0.1) is 39.0 Å². The summed E-state index contributed by atoms with van der Waals surface area (Å²) in [6, 6.07) is 11.4. The van der Waals surface area contributed by atoms with Gasteiger partial charge in [0.2, 0.25) is 0 Å². The van der Waals surface area contributed by atoms with Gasteiger partial charge in [-0.2, -0.15) is 5.26 Å². The molecule has 0 fully saturated rings. The number of ether oxygens (including phenoxy) is 2. The van der Waals surface area contributed by atoms with Crippen LogP contribution in [0.15, 0.2) is 41.0 Å². The molecule has 0 radical (unpaired) electrons. The number of aromatic nitrogens is 1. The van der Waals surface area contributed by atoms with Crippen molar-refractivity contribution >= 4 is 17.7 Å². The lowest BCUT2D eigenvalue weighted by Crippen LogP contribution is -2.25. The molecule has 8 heteroatoms. The molecule has 0 spiro atoms. The summed E-state index contributed by atoms with van der Waals surface area (Å²) in [5.74, 6) is 0.418. The van der Waals surface area contributed by atoms with Crippen molar-refractivity contribution < 1.29 is 23.5 Å². The van der Waals surface area contributed by atoms with Gasteiger partial charge in [-0.1, -0.05) is 18.2 Å². The first-order valence-electron chi connectivity index (χ1n) is 10.1. The molecule has 2 heterocycles. The fourth-order valence-corrected chi connectivity index (χ4v) is 3.40. The van der Waals surface area contributed by atoms with Crippen molar-refractivity contribution in [1.82, 2.24) is 4.57 Å². The predicted octanol–water partition coefficient (Wildman–Crippen LogP) is 3.80. The van der Waals surface area contributed by atoms with Crippen LogP contribution < -0.4 is 10.1 Å². The van der Waals surface area contributed by atoms with E-state index in [1.807, 2.05) is 52.0 Å². The van der Waals surface area contributed by atoms with Gasteiger partial charge >= 0.3 is 5.97 Å². The van der Waals surface area contributed by atoms with E-state index >= 15 is 0 Å². The normalized spacial score (nSPS) is 10.5. The Bertz CT molecular complexity index is 1150. The van der Waals surface area contributed by atoms with Crippen molar-refractivity contribution in [2.75, 3.05) is 18.5 Å². The smallest absolute Gasteiger partial charge is 0.344 e. The highest BCUT2D eigenvalue weighted by Gasteiger charge is 2.21. The Morgan fingerprint density at radius 1 is 1.09 bits per heavy atom. The minimum absolute atomic E-state index is 0.310. The molecule has 1 aromatic carbocycles. The highest BCUT2D eigenvalue weighted by atomic mass is 16.6. The third kappa shape index (κ3) is 5.01. The minimum atomic E-state index is -0.665. The fourth-order valence-electron chi connectivity index (χ4n) is 3.40. The van der Waals surface area contributed by atoms with E-state index in [1.54, 1.807) is 16.9 Å². The van der Waals surface area contributed by atoms with Crippen molar-refractivity contribution in [1.29, 1.82) is 5.26 Å². The maximum Gasteiger partial charge on any atom is 0.344 e. The summed E-state index contributed by atoms with van der Waals surface area (Å²) >= 11 is 0. The molecule has 0 saturated heterocycles. The van der Waals surface area contributed by atoms with Crippen LogP contribution in [0.2, 0.25) is 0 Å². The molecule has 3 rings (SSSR count). The van der Waals surface area contributed by atoms with Gasteiger partial charge in [0.1, 0.15) is 23.4 Å². The van der Waals surface area contributed by atoms with Gasteiger partial charge in [0.15, 0.2) is 13.2 Å². The molecule has 2 aromatic heterocycles. The van der Waals surface area contributed by atoms with E-state index in [4.69, 9.17) is 13.9 Å². The van der Waals surface area contributed by atoms with Crippen molar-refractivity contribution in [3.05, 3.63) is 70.3 Å². The monoisotopic (exact) mass is 435 g/mol. The number of nitrogens with zero attached hydrogens (tertiary/aromatic N) is 2. The van der Waals surface area contributed by atoms with Gasteiger partial charge in [0, 0.05) is 5.69 Å². The van der Waals surface area contributed by atoms with Crippen molar-refractivity contribution in [2.45, 2.75) is 34.2 Å². The third-order valence-corrected chi connectivity index (χ3v) is 5.20. The first-order chi connectivity index (χ1) is 15.3. The molecule has 0 bridgehead atoms. The summed E-state index contributed by atoms with van der Waals surface area (Å²) in [6.07, 6.45) is 1.56. The number of nitriles is 1. The number of para-hydroxylation sites is 1. The Balaban J connectivity index is 1.63. The second-order valence-electron chi connectivity index (χ2n) is 7.43. The number of aryl methyl sites for hydroxylation is 2. The lowest BCUT2D eigenvalue weighted by Gasteiger charge is -2.13. The van der Waals surface area contributed by atoms with Crippen LogP contribution in [-0.4, -0.2) is 29.7 Å². The molecule has 1 amide bonds. The second kappa shape index (κ2) is 9.88. The van der Waals surface area contributed by atoms with Crippen LogP contribution in [0.4, 0.5) is 5.82 Å². The Kier molecular flexibility index (Phi) is 7.00. The van der Waals surface area contributed by atoms with Gasteiger partial charge in [0.25, 0.3) is 5.91 Å². The van der Waals surface area contributed by atoms with E-state index in [2.05, 4.69) is 11.4 Å². The number of rotatable bonds is 8. The highest BCUT2D eigenvalue weighted by Crippen LogP contribution is 2.27. The Labute approximate surface area is 186 Å². The summed E-state index contributed by atoms with van der Waals surface area (Å²) < 4.78 is 17.8. The molecule has 0 aliphatic heterocycles. The van der Waals surface area contributed by atoms with Gasteiger partial charge in [-0.25, -0.2) is 4.79 Å². The van der Waals surface area contributed by atoms with E-state index in [-0.39, 0.29) is 6.61 Å². The van der Waals surface area contributed by atoms with Crippen molar-refractivity contribution in [3.8, 4) is 11.8 Å². The van der Waals surface area contributed by atoms with Crippen LogP contribution in [0.3, 0.4) is 0 Å². The third-order valence-electron chi connectivity index (χ3n) is 5.20. The minimum Gasteiger partial charge on any atom is -0.481 e. The van der Waals surface area contributed by atoms with Crippen molar-refractivity contribution in [3.63, 3.8) is 0 Å². The summed E-state index contributed by atoms with van der Waals surface area (Å²) in [5.41, 5.74) is 3.75. The average Bonchev–Trinajstić information content (AvgIpc) is 3.35. The topological polar surface area (TPSA) is 106 Å². The number of anilines is 1. The Morgan fingerprint density at radius 2 is 1.81 bits per heavy atom. The molecule has 1 N–H and O–H groups in total. The number of furan rings is 1. The zero-order valence-electron chi connectivity index (χ0n) is 18.5. The SMILES string of the molecule is Cc1cccc(C)c1OCC(=O)OCC(=O)Nc1c(C#N)c(C)c(C)n1Cc1ccco1. The molecule has 0 saturated carbocycles. The van der Waals surface area contributed by atoms with Gasteiger partial charge < -0.3 is 23.8 Å². The van der Waals surface area contributed by atoms with Gasteiger partial charge in [0.05, 0.1) is 18.4 Å². The Hall–Kier alpha value is -3.99. The average molecular weight is 435 g/mol. The molecule has 8 nitrogen and oxygen atoms in total. The van der Waals surface area contributed by atoms with Crippen LogP contribution in [0.5, 0.6) is 5.75 Å². The summed E-state index contributed by atoms with van der Waals surface area (Å²) in [6.45, 7) is 6.98. The molecular weight excluding hydrogens is 410 g/mol. The number of nitrogens with one attached hydrogen (secondary N) is 1. The fraction of sp³-hybridized carbons (Fsp3) is 0.292. The van der Waals surface area contributed by atoms with Crippen LogP contribution in [0.1, 0.15) is 33.7 Å². The molecule has 3 aromatic rings. The first-order valence-corrected chi connectivity index (χ1v) is 10.1. The number of carbonyl (C=O) groups excluding carboxylic acids is 2. The summed E-state index contributed by atoms with van der Waals surface area (Å²) in [4.78, 5) is 24.5. The standard InChI is InChI=1S/C24H25N3O5/c1-15-7-5-8-16(2)23(15)32-14-22(29)31-13-21(28)26-24-20(11-25)17(3)18(4)27(24)12-19-9-6-10-30-19/h5-10H,12-14H2,1-4H3,(H,26,28). The molecular formula is C24H25N3O5. The highest BCUT2D eigenvalue weighted by molar-refractivity contribution is 5.93. The van der Waals surface area contributed by atoms with Gasteiger partial charge in [-0.15, -0.1) is 0 Å². The quantitative estimate of drug-likeness (QED) is 0.540. The predicted molar refractivity (Wildman–Crippen MR) is 117 cm³/mol. The van der Waals surface area contributed by atoms with Gasteiger partial charge in [-0.3, -0.25) is 4.79 Å². The van der Waals surface area contributed by atoms with Crippen LogP contribution in [-0.2, 0) is 20.9 Å². The molecule has 0 unspecified atom stereocenters. The summed E-state index contributed by atoms with van der Waals surface area (Å²) in [7, 11) is 0. The van der Waals surface area contributed by atoms with E-state index < -0.39 is 18.5 Å². The number of esters is 1. The zero-order chi connectivity index (χ0) is 23.3. The van der Waals surface area contributed by atoms with Crippen LogP contribution in [0.25, 0.3) is 0 Å². The van der Waals surface area contributed by atoms with E-state index in [0.29, 0.717) is 29.4 Å². The van der Waals surface area contributed by atoms with E-state index in [1.165, 1.54) is 0 Å². The molecule has 0 atom stereocenters. The van der Waals surface area contributed by atoms with Crippen molar-refractivity contribution in [2.24, 2.45) is 0 Å². The van der Waals surface area contributed by atoms with Crippen LogP contribution >= 0.6 is 0 Å². The lowest BCUT2D eigenvalue weighted by atomic mass is 10.1. The molecule has 0 aliphatic rings. The second-order valence-corrected chi connectivity index (χ2v) is 7.43. The van der Waals surface area contributed by atoms with E-state index in [0.717, 1.165) is 22.4 Å². The molecule has 0 aliphatic carbocycles. The molecule has 32 heavy (non-hydrogen) atoms. The van der Waals surface area contributed by atoms with E-state index in [9.17, 15) is 14.9 Å². The first kappa shape index (κ1) is 22.7. The maximum absolute atomic E-state index is 12.5. The number of carbonyl (C=O) groups is 2. The largest absolute Gasteiger partial charge is 0.481 e. The molecule has 166 valence electrons. The lowest BCUT2D eigenvalue weighted by molar-refractivity contribution is -0.149. The number of amides is 1. The zero-order valence-corrected chi connectivity index (χ0v) is 18.5. The Morgan fingerprint density at radius 3 is 2.44 bits per heavy atom. The number of benzene rings is 1. The maximum atomic E-state index is 12.5. The number of hydrogen-bond donors (Lipinski definition) is 1. The summed E-state index contributed by atoms with van der Waals surface area (Å²) in [5, 5.41) is 12.3. The van der Waals surface area contributed by atoms with Gasteiger partial charge in [-0.05, 0) is 56.5 Å².